The first kappa shape index (κ1) is 36.7. The minimum Gasteiger partial charge on any atom is -0.212 e. The van der Waals surface area contributed by atoms with Gasteiger partial charge in [0, 0.05) is 40.2 Å². The van der Waals surface area contributed by atoms with E-state index in [2.05, 4.69) is 213 Å². The molecule has 0 amide bonds. The maximum atomic E-state index is 5.39. The Bertz CT molecular complexity index is 3110. The molecule has 0 aliphatic heterocycles. The molecule has 0 N–H and O–H groups in total. The Labute approximate surface area is 357 Å². The van der Waals surface area contributed by atoms with Gasteiger partial charge < -0.3 is 0 Å². The van der Waals surface area contributed by atoms with Crippen molar-refractivity contribution in [3.05, 3.63) is 240 Å². The van der Waals surface area contributed by atoms with E-state index in [9.17, 15) is 0 Å². The second kappa shape index (κ2) is 15.6. The third-order valence-electron chi connectivity index (χ3n) is 12.9. The lowest BCUT2D eigenvalue weighted by Gasteiger charge is -2.30. The van der Waals surface area contributed by atoms with E-state index >= 15 is 0 Å². The Morgan fingerprint density at radius 2 is 1.16 bits per heavy atom. The van der Waals surface area contributed by atoms with Crippen molar-refractivity contribution >= 4 is 27.6 Å². The number of aromatic nitrogens is 3. The van der Waals surface area contributed by atoms with Crippen LogP contribution in [0.2, 0.25) is 0 Å². The molecule has 0 bridgehead atoms. The fourth-order valence-corrected chi connectivity index (χ4v) is 9.81. The van der Waals surface area contributed by atoms with Crippen molar-refractivity contribution in [3.8, 4) is 33.9 Å². The molecule has 1 aromatic heterocycles. The maximum absolute atomic E-state index is 5.39. The lowest BCUT2D eigenvalue weighted by atomic mass is 9.75. The molecule has 0 saturated heterocycles. The van der Waals surface area contributed by atoms with Gasteiger partial charge in [-0.25, -0.2) is 15.0 Å². The summed E-state index contributed by atoms with van der Waals surface area (Å²) in [7, 11) is 0. The molecule has 61 heavy (non-hydrogen) atoms. The van der Waals surface area contributed by atoms with Crippen LogP contribution >= 0.6 is 0 Å². The van der Waals surface area contributed by atoms with E-state index in [1.807, 2.05) is 6.07 Å². The van der Waals surface area contributed by atoms with Gasteiger partial charge in [0.2, 0.25) is 0 Å². The van der Waals surface area contributed by atoms with Crippen LogP contribution in [0.25, 0.3) is 61.5 Å². The summed E-state index contributed by atoms with van der Waals surface area (Å²) in [6, 6.07) is 56.5. The van der Waals surface area contributed by atoms with Gasteiger partial charge in [0.05, 0.1) is 0 Å². The smallest absolute Gasteiger partial charge is 0.163 e. The highest BCUT2D eigenvalue weighted by Gasteiger charge is 2.31. The number of nitrogens with zero attached hydrogens (tertiary/aromatic N) is 3. The molecule has 0 saturated carbocycles. The molecule has 5 atom stereocenters. The first-order valence-corrected chi connectivity index (χ1v) is 21.4. The van der Waals surface area contributed by atoms with Crippen molar-refractivity contribution in [2.24, 2.45) is 5.92 Å². The summed E-state index contributed by atoms with van der Waals surface area (Å²) in [5, 5.41) is 4.90. The van der Waals surface area contributed by atoms with Gasteiger partial charge in [-0.05, 0) is 91.7 Å². The summed E-state index contributed by atoms with van der Waals surface area (Å²) in [4.78, 5) is 16.0. The Morgan fingerprint density at radius 1 is 0.508 bits per heavy atom. The van der Waals surface area contributed by atoms with Crippen molar-refractivity contribution in [3.63, 3.8) is 0 Å². The van der Waals surface area contributed by atoms with Crippen LogP contribution in [0.5, 0.6) is 0 Å². The molecule has 3 nitrogen and oxygen atoms in total. The van der Waals surface area contributed by atoms with Crippen LogP contribution in [0.3, 0.4) is 0 Å². The molecule has 3 aliphatic carbocycles. The summed E-state index contributed by atoms with van der Waals surface area (Å²) < 4.78 is 0. The molecule has 0 radical (unpaired) electrons. The highest BCUT2D eigenvalue weighted by molar-refractivity contribution is 6.12. The standard InChI is InChI=1S/C58H43N3/c1-38-17-5-6-24-45(38)41-21-16-23-44(36-41)57-59-56(43-22-15-20-40(35-43)39-18-3-2-4-19-39)60-58(61-57)54-32-14-13-30-51(54)47-26-8-7-25-46(47)42-33-34-53-50-29-10-9-27-48(50)49-28-11-12-31-52(49)55(53)37-42/h2-10,12-27,29-36,38,42,45,51,54H,37H2,1H3. The lowest BCUT2D eigenvalue weighted by molar-refractivity contribution is 0.635. The normalized spacial score (nSPS) is 20.2. The van der Waals surface area contributed by atoms with Gasteiger partial charge >= 0.3 is 0 Å². The number of benzene rings is 6. The Hall–Kier alpha value is -7.41. The minimum absolute atomic E-state index is 0.0115. The summed E-state index contributed by atoms with van der Waals surface area (Å²) >= 11 is 0. The molecular formula is C58H43N3. The molecular weight excluding hydrogens is 739 g/mol. The molecule has 0 spiro atoms. The predicted octanol–water partition coefficient (Wildman–Crippen LogP) is 14.0. The Balaban J connectivity index is 1.02. The highest BCUT2D eigenvalue weighted by atomic mass is 15.0. The van der Waals surface area contributed by atoms with Crippen molar-refractivity contribution in [1.29, 1.82) is 0 Å². The van der Waals surface area contributed by atoms with E-state index in [0.29, 0.717) is 17.6 Å². The van der Waals surface area contributed by atoms with Crippen molar-refractivity contribution in [2.75, 3.05) is 0 Å². The number of allylic oxidation sites excluding steroid dienone is 9. The number of rotatable bonds is 7. The second-order valence-corrected chi connectivity index (χ2v) is 16.5. The molecule has 0 fully saturated rings. The van der Waals surface area contributed by atoms with Crippen LogP contribution in [0, 0.1) is 18.1 Å². The molecule has 1 heterocycles. The molecule has 3 heteroatoms. The topological polar surface area (TPSA) is 38.7 Å². The van der Waals surface area contributed by atoms with E-state index in [4.69, 9.17) is 15.0 Å². The van der Waals surface area contributed by atoms with Crippen LogP contribution in [-0.2, 0) is 6.42 Å². The number of hydrogen-bond acceptors (Lipinski definition) is 3. The quantitative estimate of drug-likeness (QED) is 0.162. The lowest BCUT2D eigenvalue weighted by Crippen LogP contribution is -2.17. The molecule has 5 unspecified atom stereocenters. The van der Waals surface area contributed by atoms with Gasteiger partial charge in [0.15, 0.2) is 11.6 Å². The number of fused-ring (bicyclic) bond motifs is 6. The predicted molar refractivity (Wildman–Crippen MR) is 251 cm³/mol. The fraction of sp³-hybridized carbons (Fsp3) is 0.121. The van der Waals surface area contributed by atoms with Crippen LogP contribution in [0.15, 0.2) is 194 Å². The van der Waals surface area contributed by atoms with Gasteiger partial charge in [0.1, 0.15) is 5.82 Å². The summed E-state index contributed by atoms with van der Waals surface area (Å²) in [6.45, 7) is 2.28. The van der Waals surface area contributed by atoms with E-state index in [1.54, 1.807) is 0 Å². The monoisotopic (exact) mass is 781 g/mol. The third kappa shape index (κ3) is 6.81. The molecule has 11 rings (SSSR count). The zero-order valence-corrected chi connectivity index (χ0v) is 34.0. The van der Waals surface area contributed by atoms with E-state index < -0.39 is 0 Å². The van der Waals surface area contributed by atoms with E-state index in [1.165, 1.54) is 44.0 Å². The summed E-state index contributed by atoms with van der Waals surface area (Å²) in [6.07, 6.45) is 23.5. The summed E-state index contributed by atoms with van der Waals surface area (Å²) in [5.74, 6) is 2.89. The van der Waals surface area contributed by atoms with Gasteiger partial charge in [-0.15, -0.1) is 0 Å². The maximum Gasteiger partial charge on any atom is 0.163 e. The van der Waals surface area contributed by atoms with Crippen LogP contribution in [0.4, 0.5) is 0 Å². The van der Waals surface area contributed by atoms with Gasteiger partial charge in [0.25, 0.3) is 0 Å². The average molecular weight is 782 g/mol. The van der Waals surface area contributed by atoms with Gasteiger partial charge in [-0.2, -0.15) is 0 Å². The SMILES string of the molecule is CC1C=CC=CC1c1cccc(-c2nc(-c3cccc(-c4ccccc4)c3)nc(C3C=CC=CC3c3ccccc3C3C=Cc4c(c5ccc#cc5c5ccccc45)C3)n2)c1. The number of hydrogen-bond donors (Lipinski definition) is 0. The average Bonchev–Trinajstić information content (AvgIpc) is 3.34. The third-order valence-corrected chi connectivity index (χ3v) is 12.9. The Morgan fingerprint density at radius 3 is 1.98 bits per heavy atom. The Kier molecular flexibility index (Phi) is 9.40. The minimum atomic E-state index is -0.117. The second-order valence-electron chi connectivity index (χ2n) is 16.5. The van der Waals surface area contributed by atoms with Crippen LogP contribution in [0.1, 0.15) is 64.2 Å². The van der Waals surface area contributed by atoms with Crippen LogP contribution in [-0.4, -0.2) is 15.0 Å². The molecule has 8 aromatic rings. The van der Waals surface area contributed by atoms with Crippen LogP contribution < -0.4 is 0 Å². The molecule has 3 aliphatic rings. The van der Waals surface area contributed by atoms with Crippen molar-refractivity contribution in [1.82, 2.24) is 15.0 Å². The zero-order chi connectivity index (χ0) is 40.7. The summed E-state index contributed by atoms with van der Waals surface area (Å²) in [5.41, 5.74) is 10.8. The van der Waals surface area contributed by atoms with Gasteiger partial charge in [-0.1, -0.05) is 195 Å². The fourth-order valence-electron chi connectivity index (χ4n) is 9.81. The molecule has 290 valence electrons. The van der Waals surface area contributed by atoms with Crippen molar-refractivity contribution in [2.45, 2.75) is 37.0 Å². The van der Waals surface area contributed by atoms with Crippen molar-refractivity contribution < 1.29 is 0 Å². The van der Waals surface area contributed by atoms with Gasteiger partial charge in [-0.3, -0.25) is 0 Å². The first-order chi connectivity index (χ1) is 30.2. The molecule has 7 aromatic carbocycles. The first-order valence-electron chi connectivity index (χ1n) is 21.4. The largest absolute Gasteiger partial charge is 0.212 e. The zero-order valence-electron chi connectivity index (χ0n) is 34.0. The van der Waals surface area contributed by atoms with E-state index in [-0.39, 0.29) is 23.7 Å². The highest BCUT2D eigenvalue weighted by Crippen LogP contribution is 2.45. The van der Waals surface area contributed by atoms with E-state index in [0.717, 1.165) is 39.9 Å².